The summed E-state index contributed by atoms with van der Waals surface area (Å²) in [5.41, 5.74) is 6.88. The minimum absolute atomic E-state index is 0.357. The van der Waals surface area contributed by atoms with E-state index in [1.165, 1.54) is 17.7 Å². The molecule has 1 unspecified atom stereocenters. The molecule has 1 amide bonds. The second-order valence-electron chi connectivity index (χ2n) is 7.62. The van der Waals surface area contributed by atoms with Gasteiger partial charge in [-0.05, 0) is 61.0 Å². The zero-order valence-corrected chi connectivity index (χ0v) is 18.0. The molecule has 1 saturated heterocycles. The van der Waals surface area contributed by atoms with Crippen LogP contribution in [0, 0.1) is 5.92 Å². The number of amides is 1. The lowest BCUT2D eigenvalue weighted by molar-refractivity contribution is 0.100. The number of benzene rings is 1. The minimum Gasteiger partial charge on any atom is -0.366 e. The van der Waals surface area contributed by atoms with Crippen molar-refractivity contribution in [2.45, 2.75) is 32.4 Å². The zero-order valence-electron chi connectivity index (χ0n) is 17.2. The molecule has 0 aliphatic carbocycles. The van der Waals surface area contributed by atoms with Gasteiger partial charge in [0.2, 0.25) is 5.91 Å². The molecule has 0 radical (unpaired) electrons. The average Bonchev–Trinajstić information content (AvgIpc) is 3.26. The third-order valence-corrected chi connectivity index (χ3v) is 6.49. The van der Waals surface area contributed by atoms with E-state index in [9.17, 15) is 4.79 Å². The highest BCUT2D eigenvalue weighted by Gasteiger charge is 2.25. The van der Waals surface area contributed by atoms with E-state index < -0.39 is 5.91 Å². The largest absolute Gasteiger partial charge is 0.366 e. The van der Waals surface area contributed by atoms with Crippen LogP contribution >= 0.6 is 11.3 Å². The van der Waals surface area contributed by atoms with E-state index in [2.05, 4.69) is 45.0 Å². The fourth-order valence-corrected chi connectivity index (χ4v) is 4.48. The molecule has 1 aliphatic heterocycles. The van der Waals surface area contributed by atoms with E-state index in [0.29, 0.717) is 18.2 Å². The van der Waals surface area contributed by atoms with Gasteiger partial charge in [0.25, 0.3) is 0 Å². The standard InChI is InChI=1S/C22H31N5OS/c1-16-9-11-27(12-10-16)19(20-4-3-13-29-20)15-26-22(24-2)25-14-17-5-7-18(8-6-17)21(23)28/h3-8,13,16,19H,9-12,14-15H2,1-2H3,(H2,23,28)(H2,24,25,26). The predicted molar refractivity (Wildman–Crippen MR) is 120 cm³/mol. The summed E-state index contributed by atoms with van der Waals surface area (Å²) in [6.45, 7) is 6.07. The Morgan fingerprint density at radius 3 is 2.55 bits per heavy atom. The van der Waals surface area contributed by atoms with Crippen LogP contribution in [-0.2, 0) is 6.54 Å². The molecular formula is C22H31N5OS. The molecule has 7 heteroatoms. The van der Waals surface area contributed by atoms with Crippen LogP contribution in [0.2, 0.25) is 0 Å². The van der Waals surface area contributed by atoms with Crippen molar-refractivity contribution in [3.8, 4) is 0 Å². The Labute approximate surface area is 177 Å². The maximum absolute atomic E-state index is 11.2. The van der Waals surface area contributed by atoms with Gasteiger partial charge in [0.15, 0.2) is 5.96 Å². The number of nitrogens with two attached hydrogens (primary N) is 1. The van der Waals surface area contributed by atoms with Gasteiger partial charge in [-0.3, -0.25) is 14.7 Å². The first-order chi connectivity index (χ1) is 14.1. The molecule has 0 bridgehead atoms. The summed E-state index contributed by atoms with van der Waals surface area (Å²) >= 11 is 1.82. The molecule has 156 valence electrons. The lowest BCUT2D eigenvalue weighted by atomic mass is 9.97. The first kappa shape index (κ1) is 21.3. The summed E-state index contributed by atoms with van der Waals surface area (Å²) in [6, 6.07) is 12.0. The number of nitrogens with zero attached hydrogens (tertiary/aromatic N) is 2. The van der Waals surface area contributed by atoms with Gasteiger partial charge in [-0.25, -0.2) is 0 Å². The van der Waals surface area contributed by atoms with Crippen molar-refractivity contribution in [3.63, 3.8) is 0 Å². The minimum atomic E-state index is -0.409. The van der Waals surface area contributed by atoms with Gasteiger partial charge in [-0.15, -0.1) is 11.3 Å². The van der Waals surface area contributed by atoms with Gasteiger partial charge < -0.3 is 16.4 Å². The van der Waals surface area contributed by atoms with Gasteiger partial charge in [0.1, 0.15) is 0 Å². The predicted octanol–water partition coefficient (Wildman–Crippen LogP) is 2.99. The molecule has 4 N–H and O–H groups in total. The maximum atomic E-state index is 11.2. The highest BCUT2D eigenvalue weighted by atomic mass is 32.1. The Morgan fingerprint density at radius 1 is 1.24 bits per heavy atom. The summed E-state index contributed by atoms with van der Waals surface area (Å²) in [7, 11) is 1.79. The number of piperidine rings is 1. The average molecular weight is 414 g/mol. The summed E-state index contributed by atoms with van der Waals surface area (Å²) < 4.78 is 0. The highest BCUT2D eigenvalue weighted by Crippen LogP contribution is 2.29. The number of hydrogen-bond acceptors (Lipinski definition) is 4. The summed E-state index contributed by atoms with van der Waals surface area (Å²) in [4.78, 5) is 19.5. The number of aliphatic imine (C=N–C) groups is 1. The maximum Gasteiger partial charge on any atom is 0.248 e. The number of carbonyl (C=O) groups excluding carboxylic acids is 1. The normalized spacial score (nSPS) is 17.1. The fourth-order valence-electron chi connectivity index (χ4n) is 3.62. The number of hydrogen-bond donors (Lipinski definition) is 3. The Morgan fingerprint density at radius 2 is 1.97 bits per heavy atom. The number of rotatable bonds is 7. The molecule has 3 rings (SSSR count). The van der Waals surface area contributed by atoms with Crippen LogP contribution in [0.15, 0.2) is 46.8 Å². The molecule has 1 fully saturated rings. The number of nitrogens with one attached hydrogen (secondary N) is 2. The summed E-state index contributed by atoms with van der Waals surface area (Å²) in [5, 5.41) is 9.00. The first-order valence-corrected chi connectivity index (χ1v) is 11.1. The van der Waals surface area contributed by atoms with Crippen LogP contribution in [-0.4, -0.2) is 43.4 Å². The number of thiophene rings is 1. The van der Waals surface area contributed by atoms with Crippen molar-refractivity contribution in [2.75, 3.05) is 26.7 Å². The molecule has 6 nitrogen and oxygen atoms in total. The molecule has 1 aromatic heterocycles. The van der Waals surface area contributed by atoms with E-state index in [4.69, 9.17) is 5.73 Å². The van der Waals surface area contributed by atoms with Gasteiger partial charge in [-0.1, -0.05) is 25.1 Å². The Balaban J connectivity index is 1.56. The summed E-state index contributed by atoms with van der Waals surface area (Å²) in [6.07, 6.45) is 2.52. The molecule has 0 spiro atoms. The molecule has 2 heterocycles. The third kappa shape index (κ3) is 6.05. The number of likely N-dealkylation sites (tertiary alicyclic amines) is 1. The lowest BCUT2D eigenvalue weighted by Gasteiger charge is -2.36. The van der Waals surface area contributed by atoms with E-state index in [1.54, 1.807) is 19.2 Å². The van der Waals surface area contributed by atoms with Gasteiger partial charge in [0.05, 0.1) is 6.04 Å². The van der Waals surface area contributed by atoms with Gasteiger partial charge in [0, 0.05) is 30.6 Å². The van der Waals surface area contributed by atoms with Crippen molar-refractivity contribution in [3.05, 3.63) is 57.8 Å². The van der Waals surface area contributed by atoms with E-state index in [0.717, 1.165) is 37.1 Å². The monoisotopic (exact) mass is 413 g/mol. The van der Waals surface area contributed by atoms with Crippen LogP contribution in [0.25, 0.3) is 0 Å². The van der Waals surface area contributed by atoms with Gasteiger partial charge in [-0.2, -0.15) is 0 Å². The topological polar surface area (TPSA) is 82.7 Å². The van der Waals surface area contributed by atoms with E-state index >= 15 is 0 Å². The second kappa shape index (κ2) is 10.4. The fraction of sp³-hybridized carbons (Fsp3) is 0.455. The molecule has 0 saturated carbocycles. The third-order valence-electron chi connectivity index (χ3n) is 5.52. The Bertz CT molecular complexity index is 795. The van der Waals surface area contributed by atoms with Crippen molar-refractivity contribution >= 4 is 23.2 Å². The highest BCUT2D eigenvalue weighted by molar-refractivity contribution is 7.10. The first-order valence-electron chi connectivity index (χ1n) is 10.2. The molecular weight excluding hydrogens is 382 g/mol. The Kier molecular flexibility index (Phi) is 7.66. The molecule has 1 aromatic carbocycles. The van der Waals surface area contributed by atoms with Crippen LogP contribution in [0.5, 0.6) is 0 Å². The van der Waals surface area contributed by atoms with E-state index in [1.807, 2.05) is 23.5 Å². The Hall–Kier alpha value is -2.38. The molecule has 1 atom stereocenters. The molecule has 29 heavy (non-hydrogen) atoms. The molecule has 2 aromatic rings. The van der Waals surface area contributed by atoms with Crippen LogP contribution in [0.3, 0.4) is 0 Å². The quantitative estimate of drug-likeness (QED) is 0.481. The van der Waals surface area contributed by atoms with Crippen molar-refractivity contribution in [2.24, 2.45) is 16.6 Å². The van der Waals surface area contributed by atoms with Crippen LogP contribution in [0.1, 0.15) is 46.6 Å². The SMILES string of the molecule is CN=C(NCc1ccc(C(N)=O)cc1)NCC(c1cccs1)N1CCC(C)CC1. The van der Waals surface area contributed by atoms with Crippen LogP contribution < -0.4 is 16.4 Å². The second-order valence-corrected chi connectivity index (χ2v) is 8.60. The van der Waals surface area contributed by atoms with Crippen molar-refractivity contribution in [1.29, 1.82) is 0 Å². The number of guanidine groups is 1. The number of primary amides is 1. The van der Waals surface area contributed by atoms with Crippen molar-refractivity contribution in [1.82, 2.24) is 15.5 Å². The smallest absolute Gasteiger partial charge is 0.248 e. The van der Waals surface area contributed by atoms with Gasteiger partial charge >= 0.3 is 0 Å². The van der Waals surface area contributed by atoms with Crippen molar-refractivity contribution < 1.29 is 4.79 Å². The number of carbonyl (C=O) groups is 1. The zero-order chi connectivity index (χ0) is 20.6. The lowest BCUT2D eigenvalue weighted by Crippen LogP contribution is -2.44. The summed E-state index contributed by atoms with van der Waals surface area (Å²) in [5.74, 6) is 1.18. The van der Waals surface area contributed by atoms with Crippen LogP contribution in [0.4, 0.5) is 0 Å². The molecule has 1 aliphatic rings. The van der Waals surface area contributed by atoms with E-state index in [-0.39, 0.29) is 0 Å².